The Hall–Kier alpha value is 0.250. The highest BCUT2D eigenvalue weighted by Crippen LogP contribution is 2.37. The Labute approximate surface area is 67.7 Å². The molecule has 0 bridgehead atoms. The largest absolute Gasteiger partial charge is 0.370 e. The van der Waals surface area contributed by atoms with Crippen molar-refractivity contribution in [1.29, 1.82) is 0 Å². The van der Waals surface area contributed by atoms with Crippen molar-refractivity contribution in [2.75, 3.05) is 6.61 Å². The zero-order valence-corrected chi connectivity index (χ0v) is 7.45. The summed E-state index contributed by atoms with van der Waals surface area (Å²) in [6.07, 6.45) is 3.18. The maximum Gasteiger partial charge on any atom is 0.0928 e. The van der Waals surface area contributed by atoms with E-state index in [1.807, 2.05) is 0 Å². The molecule has 1 rings (SSSR count). The van der Waals surface area contributed by atoms with E-state index in [0.717, 1.165) is 25.9 Å². The van der Waals surface area contributed by atoms with Crippen LogP contribution in [0.1, 0.15) is 33.1 Å². The number of hydrogen-bond donors (Lipinski definition) is 0. The van der Waals surface area contributed by atoms with E-state index in [2.05, 4.69) is 13.8 Å². The Bertz CT molecular complexity index is 110. The molecule has 2 atom stereocenters. The van der Waals surface area contributed by atoms with Crippen molar-refractivity contribution in [3.63, 3.8) is 0 Å². The molecule has 0 spiro atoms. The Balaban J connectivity index is 2.23. The quantitative estimate of drug-likeness (QED) is 0.457. The molecular weight excluding hydrogens is 148 g/mol. The van der Waals surface area contributed by atoms with Gasteiger partial charge in [0, 0.05) is 5.38 Å². The van der Waals surface area contributed by atoms with Gasteiger partial charge in [0.1, 0.15) is 0 Å². The molecule has 2 heteroatoms. The first-order valence-electron chi connectivity index (χ1n) is 4.00. The Morgan fingerprint density at radius 1 is 1.60 bits per heavy atom. The highest BCUT2D eigenvalue weighted by atomic mass is 35.5. The number of rotatable bonds is 4. The summed E-state index contributed by atoms with van der Waals surface area (Å²) in [5, 5.41) is 0.308. The molecular formula is C8H15ClO. The average molecular weight is 163 g/mol. The molecule has 1 saturated heterocycles. The van der Waals surface area contributed by atoms with E-state index >= 15 is 0 Å². The van der Waals surface area contributed by atoms with Crippen LogP contribution in [0.2, 0.25) is 0 Å². The summed E-state index contributed by atoms with van der Waals surface area (Å²) < 4.78 is 5.33. The number of halogens is 1. The molecule has 1 fully saturated rings. The molecule has 0 amide bonds. The summed E-state index contributed by atoms with van der Waals surface area (Å²) in [6.45, 7) is 5.20. The highest BCUT2D eigenvalue weighted by Gasteiger charge is 2.43. The van der Waals surface area contributed by atoms with Crippen LogP contribution in [0.25, 0.3) is 0 Å². The molecule has 0 N–H and O–H groups in total. The monoisotopic (exact) mass is 162 g/mol. The van der Waals surface area contributed by atoms with Crippen LogP contribution in [0, 0.1) is 0 Å². The fourth-order valence-corrected chi connectivity index (χ4v) is 1.40. The van der Waals surface area contributed by atoms with E-state index in [0.29, 0.717) is 5.38 Å². The molecule has 1 nitrogen and oxygen atoms in total. The fourth-order valence-electron chi connectivity index (χ4n) is 1.12. The highest BCUT2D eigenvalue weighted by molar-refractivity contribution is 6.20. The zero-order chi connectivity index (χ0) is 7.61. The standard InChI is InChI=1S/C8H15ClO/c1-3-7(9)5-8(4-2)6-10-8/h7H,3-6H2,1-2H3. The third kappa shape index (κ3) is 1.86. The van der Waals surface area contributed by atoms with Crippen LogP contribution in [0.5, 0.6) is 0 Å². The summed E-state index contributed by atoms with van der Waals surface area (Å²) in [5.41, 5.74) is 0.183. The molecule has 0 aromatic carbocycles. The molecule has 0 aromatic rings. The zero-order valence-electron chi connectivity index (χ0n) is 6.69. The Kier molecular flexibility index (Phi) is 2.59. The number of epoxide rings is 1. The van der Waals surface area contributed by atoms with Gasteiger partial charge in [0.2, 0.25) is 0 Å². The van der Waals surface area contributed by atoms with Crippen molar-refractivity contribution in [3.05, 3.63) is 0 Å². The van der Waals surface area contributed by atoms with Crippen LogP contribution < -0.4 is 0 Å². The number of alkyl halides is 1. The van der Waals surface area contributed by atoms with Crippen LogP contribution in [-0.4, -0.2) is 17.6 Å². The van der Waals surface area contributed by atoms with Crippen molar-refractivity contribution in [2.24, 2.45) is 0 Å². The van der Waals surface area contributed by atoms with Gasteiger partial charge in [-0.1, -0.05) is 13.8 Å². The predicted octanol–water partition coefficient (Wildman–Crippen LogP) is 2.57. The Morgan fingerprint density at radius 3 is 2.50 bits per heavy atom. The second-order valence-corrected chi connectivity index (χ2v) is 3.65. The van der Waals surface area contributed by atoms with Crippen molar-refractivity contribution in [3.8, 4) is 0 Å². The minimum Gasteiger partial charge on any atom is -0.370 e. The van der Waals surface area contributed by atoms with E-state index < -0.39 is 0 Å². The van der Waals surface area contributed by atoms with Crippen LogP contribution >= 0.6 is 11.6 Å². The van der Waals surface area contributed by atoms with Gasteiger partial charge in [-0.2, -0.15) is 0 Å². The van der Waals surface area contributed by atoms with Gasteiger partial charge in [-0.15, -0.1) is 11.6 Å². The van der Waals surface area contributed by atoms with E-state index in [1.165, 1.54) is 0 Å². The van der Waals surface area contributed by atoms with Gasteiger partial charge >= 0.3 is 0 Å². The number of ether oxygens (including phenoxy) is 1. The molecule has 10 heavy (non-hydrogen) atoms. The van der Waals surface area contributed by atoms with Crippen molar-refractivity contribution < 1.29 is 4.74 Å². The molecule has 60 valence electrons. The first kappa shape index (κ1) is 8.35. The first-order chi connectivity index (χ1) is 4.72. The topological polar surface area (TPSA) is 12.5 Å². The van der Waals surface area contributed by atoms with Crippen LogP contribution in [-0.2, 0) is 4.74 Å². The molecule has 2 unspecified atom stereocenters. The van der Waals surface area contributed by atoms with E-state index in [1.54, 1.807) is 0 Å². The van der Waals surface area contributed by atoms with Gasteiger partial charge in [-0.3, -0.25) is 0 Å². The predicted molar refractivity (Wildman–Crippen MR) is 43.5 cm³/mol. The van der Waals surface area contributed by atoms with E-state index in [9.17, 15) is 0 Å². The lowest BCUT2D eigenvalue weighted by Crippen LogP contribution is -2.15. The second-order valence-electron chi connectivity index (χ2n) is 3.03. The minimum atomic E-state index is 0.183. The summed E-state index contributed by atoms with van der Waals surface area (Å²) >= 11 is 5.99. The number of hydrogen-bond acceptors (Lipinski definition) is 1. The third-order valence-corrected chi connectivity index (χ3v) is 2.70. The van der Waals surface area contributed by atoms with Gasteiger partial charge in [0.15, 0.2) is 0 Å². The van der Waals surface area contributed by atoms with Gasteiger partial charge in [-0.25, -0.2) is 0 Å². The smallest absolute Gasteiger partial charge is 0.0928 e. The van der Waals surface area contributed by atoms with Crippen LogP contribution in [0.3, 0.4) is 0 Å². The summed E-state index contributed by atoms with van der Waals surface area (Å²) in [6, 6.07) is 0. The van der Waals surface area contributed by atoms with E-state index in [-0.39, 0.29) is 5.60 Å². The average Bonchev–Trinajstić information content (AvgIpc) is 2.70. The molecule has 0 radical (unpaired) electrons. The van der Waals surface area contributed by atoms with Gasteiger partial charge < -0.3 is 4.74 Å². The second kappa shape index (κ2) is 3.10. The molecule has 1 aliphatic rings. The summed E-state index contributed by atoms with van der Waals surface area (Å²) in [5.74, 6) is 0. The summed E-state index contributed by atoms with van der Waals surface area (Å²) in [7, 11) is 0. The van der Waals surface area contributed by atoms with Crippen molar-refractivity contribution in [1.82, 2.24) is 0 Å². The first-order valence-corrected chi connectivity index (χ1v) is 4.44. The minimum absolute atomic E-state index is 0.183. The Morgan fingerprint density at radius 2 is 2.20 bits per heavy atom. The maximum absolute atomic E-state index is 5.99. The van der Waals surface area contributed by atoms with Crippen LogP contribution in [0.15, 0.2) is 0 Å². The normalized spacial score (nSPS) is 33.9. The van der Waals surface area contributed by atoms with Crippen molar-refractivity contribution in [2.45, 2.75) is 44.1 Å². The lowest BCUT2D eigenvalue weighted by atomic mass is 10.0. The molecule has 0 aromatic heterocycles. The third-order valence-electron chi connectivity index (χ3n) is 2.23. The van der Waals surface area contributed by atoms with E-state index in [4.69, 9.17) is 16.3 Å². The SMILES string of the molecule is CCC(Cl)CC1(CC)CO1. The molecule has 0 saturated carbocycles. The molecule has 1 heterocycles. The maximum atomic E-state index is 5.99. The summed E-state index contributed by atoms with van der Waals surface area (Å²) in [4.78, 5) is 0. The van der Waals surface area contributed by atoms with Crippen LogP contribution in [0.4, 0.5) is 0 Å². The molecule has 1 aliphatic heterocycles. The van der Waals surface area contributed by atoms with Gasteiger partial charge in [0.25, 0.3) is 0 Å². The van der Waals surface area contributed by atoms with Gasteiger partial charge in [-0.05, 0) is 19.3 Å². The van der Waals surface area contributed by atoms with Gasteiger partial charge in [0.05, 0.1) is 12.2 Å². The van der Waals surface area contributed by atoms with Crippen molar-refractivity contribution >= 4 is 11.6 Å². The fraction of sp³-hybridized carbons (Fsp3) is 1.00. The molecule has 0 aliphatic carbocycles. The lowest BCUT2D eigenvalue weighted by molar-refractivity contribution is 0.278. The lowest BCUT2D eigenvalue weighted by Gasteiger charge is -2.11.